The first-order chi connectivity index (χ1) is 10.3. The number of aryl methyl sites for hydroxylation is 1. The van der Waals surface area contributed by atoms with Gasteiger partial charge in [0.05, 0.1) is 5.52 Å². The average molecular weight is 281 g/mol. The molecule has 1 atom stereocenters. The molecule has 2 aromatic rings. The molecule has 0 amide bonds. The summed E-state index contributed by atoms with van der Waals surface area (Å²) in [5, 5.41) is 4.94. The number of fused-ring (bicyclic) bond motifs is 1. The molecule has 2 aliphatic rings. The van der Waals surface area contributed by atoms with Crippen LogP contribution >= 0.6 is 0 Å². The molecule has 1 N–H and O–H groups in total. The van der Waals surface area contributed by atoms with Gasteiger partial charge in [0, 0.05) is 35.4 Å². The van der Waals surface area contributed by atoms with Crippen LogP contribution in [0.1, 0.15) is 31.4 Å². The highest BCUT2D eigenvalue weighted by molar-refractivity contribution is 5.92. The second-order valence-corrected chi connectivity index (χ2v) is 6.48. The summed E-state index contributed by atoms with van der Waals surface area (Å²) in [6.07, 6.45) is 5.30. The van der Waals surface area contributed by atoms with E-state index >= 15 is 0 Å². The van der Waals surface area contributed by atoms with E-state index in [2.05, 4.69) is 52.5 Å². The van der Waals surface area contributed by atoms with Gasteiger partial charge in [-0.1, -0.05) is 18.2 Å². The number of nitrogens with one attached hydrogen (secondary N) is 1. The topological polar surface area (TPSA) is 28.2 Å². The third-order valence-corrected chi connectivity index (χ3v) is 4.70. The van der Waals surface area contributed by atoms with Crippen molar-refractivity contribution in [3.63, 3.8) is 0 Å². The van der Waals surface area contributed by atoms with Crippen LogP contribution in [0.4, 0.5) is 5.69 Å². The first-order valence-corrected chi connectivity index (χ1v) is 8.18. The maximum Gasteiger partial charge on any atom is 0.0726 e. The first-order valence-electron chi connectivity index (χ1n) is 8.18. The van der Waals surface area contributed by atoms with Gasteiger partial charge in [0.1, 0.15) is 0 Å². The van der Waals surface area contributed by atoms with Gasteiger partial charge in [0.2, 0.25) is 0 Å². The van der Waals surface area contributed by atoms with Crippen molar-refractivity contribution in [1.29, 1.82) is 0 Å². The minimum absolute atomic E-state index is 0.651. The number of nitrogens with zero attached hydrogens (tertiary/aromatic N) is 2. The fraction of sp³-hybridized carbons (Fsp3) is 0.500. The van der Waals surface area contributed by atoms with Gasteiger partial charge in [-0.25, -0.2) is 0 Å². The van der Waals surface area contributed by atoms with E-state index in [1.165, 1.54) is 43.3 Å². The number of hydrogen-bond donors (Lipinski definition) is 1. The molecule has 0 bridgehead atoms. The van der Waals surface area contributed by atoms with Gasteiger partial charge in [-0.3, -0.25) is 4.98 Å². The van der Waals surface area contributed by atoms with Crippen molar-refractivity contribution < 1.29 is 0 Å². The van der Waals surface area contributed by atoms with E-state index in [0.717, 1.165) is 23.8 Å². The Labute approximate surface area is 126 Å². The number of anilines is 1. The highest BCUT2D eigenvalue weighted by Crippen LogP contribution is 2.36. The Morgan fingerprint density at radius 1 is 1.24 bits per heavy atom. The molecule has 4 rings (SSSR count). The first kappa shape index (κ1) is 13.1. The van der Waals surface area contributed by atoms with Crippen molar-refractivity contribution in [3.05, 3.63) is 36.0 Å². The number of pyridine rings is 1. The summed E-state index contributed by atoms with van der Waals surface area (Å²) in [5.41, 5.74) is 3.63. The molecule has 3 nitrogen and oxygen atoms in total. The van der Waals surface area contributed by atoms with Crippen LogP contribution in [0.2, 0.25) is 0 Å². The van der Waals surface area contributed by atoms with Crippen molar-refractivity contribution in [1.82, 2.24) is 10.3 Å². The maximum absolute atomic E-state index is 4.69. The van der Waals surface area contributed by atoms with E-state index in [9.17, 15) is 0 Å². The molecule has 3 heteroatoms. The molecular formula is C18H23N3. The van der Waals surface area contributed by atoms with Crippen molar-refractivity contribution in [3.8, 4) is 0 Å². The van der Waals surface area contributed by atoms with Crippen LogP contribution < -0.4 is 10.2 Å². The maximum atomic E-state index is 4.69. The van der Waals surface area contributed by atoms with Gasteiger partial charge in [-0.2, -0.15) is 0 Å². The summed E-state index contributed by atoms with van der Waals surface area (Å²) >= 11 is 0. The predicted molar refractivity (Wildman–Crippen MR) is 87.9 cm³/mol. The van der Waals surface area contributed by atoms with Crippen molar-refractivity contribution in [2.24, 2.45) is 0 Å². The fourth-order valence-corrected chi connectivity index (χ4v) is 3.50. The van der Waals surface area contributed by atoms with E-state index in [-0.39, 0.29) is 0 Å². The van der Waals surface area contributed by atoms with Crippen LogP contribution in [0, 0.1) is 6.92 Å². The molecule has 1 saturated carbocycles. The number of para-hydroxylation sites is 1. The number of rotatable bonds is 4. The molecule has 2 heterocycles. The standard InChI is InChI=1S/C18H23N3/c1-13-11-18(16-6-2-3-7-17(16)20-13)21(15-8-9-15)12-14-5-4-10-19-14/h2-3,6-7,11,14-15,19H,4-5,8-10,12H2,1H3. The van der Waals surface area contributed by atoms with Crippen LogP contribution in [0.5, 0.6) is 0 Å². The van der Waals surface area contributed by atoms with Crippen LogP contribution in [0.3, 0.4) is 0 Å². The summed E-state index contributed by atoms with van der Waals surface area (Å²) in [7, 11) is 0. The van der Waals surface area contributed by atoms with E-state index in [1.54, 1.807) is 0 Å². The predicted octanol–water partition coefficient (Wildman–Crippen LogP) is 3.26. The highest BCUT2D eigenvalue weighted by Gasteiger charge is 2.32. The monoisotopic (exact) mass is 281 g/mol. The lowest BCUT2D eigenvalue weighted by molar-refractivity contribution is 0.579. The molecule has 1 aliphatic carbocycles. The number of hydrogen-bond acceptors (Lipinski definition) is 3. The van der Waals surface area contributed by atoms with E-state index < -0.39 is 0 Å². The smallest absolute Gasteiger partial charge is 0.0726 e. The number of aromatic nitrogens is 1. The Morgan fingerprint density at radius 2 is 2.10 bits per heavy atom. The zero-order valence-corrected chi connectivity index (χ0v) is 12.7. The molecule has 21 heavy (non-hydrogen) atoms. The molecule has 110 valence electrons. The van der Waals surface area contributed by atoms with Gasteiger partial charge in [0.15, 0.2) is 0 Å². The second kappa shape index (κ2) is 5.30. The molecular weight excluding hydrogens is 258 g/mol. The Kier molecular flexibility index (Phi) is 3.30. The fourth-order valence-electron chi connectivity index (χ4n) is 3.50. The summed E-state index contributed by atoms with van der Waals surface area (Å²) in [6, 6.07) is 12.2. The summed E-state index contributed by atoms with van der Waals surface area (Å²) in [6.45, 7) is 4.42. The molecule has 1 unspecified atom stereocenters. The number of benzene rings is 1. The Morgan fingerprint density at radius 3 is 2.86 bits per heavy atom. The molecule has 1 aliphatic heterocycles. The molecule has 0 radical (unpaired) electrons. The zero-order valence-electron chi connectivity index (χ0n) is 12.7. The van der Waals surface area contributed by atoms with Crippen LogP contribution in [-0.4, -0.2) is 30.2 Å². The van der Waals surface area contributed by atoms with Gasteiger partial charge in [-0.05, 0) is 51.3 Å². The molecule has 1 saturated heterocycles. The molecule has 2 fully saturated rings. The Bertz CT molecular complexity index is 642. The van der Waals surface area contributed by atoms with E-state index in [4.69, 9.17) is 0 Å². The minimum Gasteiger partial charge on any atom is -0.366 e. The summed E-state index contributed by atoms with van der Waals surface area (Å²) in [4.78, 5) is 7.33. The SMILES string of the molecule is Cc1cc(N(CC2CCCN2)C2CC2)c2ccccc2n1. The lowest BCUT2D eigenvalue weighted by Gasteiger charge is -2.29. The van der Waals surface area contributed by atoms with Crippen LogP contribution in [0.25, 0.3) is 10.9 Å². The highest BCUT2D eigenvalue weighted by atomic mass is 15.2. The van der Waals surface area contributed by atoms with Gasteiger partial charge in [0.25, 0.3) is 0 Å². The molecule has 1 aromatic carbocycles. The second-order valence-electron chi connectivity index (χ2n) is 6.48. The summed E-state index contributed by atoms with van der Waals surface area (Å²) in [5.74, 6) is 0. The third-order valence-electron chi connectivity index (χ3n) is 4.70. The lowest BCUT2D eigenvalue weighted by atomic mass is 10.1. The average Bonchev–Trinajstić information content (AvgIpc) is 3.20. The van der Waals surface area contributed by atoms with Gasteiger partial charge >= 0.3 is 0 Å². The van der Waals surface area contributed by atoms with Crippen molar-refractivity contribution >= 4 is 16.6 Å². The summed E-state index contributed by atoms with van der Waals surface area (Å²) < 4.78 is 0. The van der Waals surface area contributed by atoms with Crippen molar-refractivity contribution in [2.45, 2.75) is 44.7 Å². The Hall–Kier alpha value is -1.61. The molecule has 0 spiro atoms. The third kappa shape index (κ3) is 2.62. The normalized spacial score (nSPS) is 21.9. The van der Waals surface area contributed by atoms with Crippen LogP contribution in [-0.2, 0) is 0 Å². The van der Waals surface area contributed by atoms with Crippen LogP contribution in [0.15, 0.2) is 30.3 Å². The zero-order chi connectivity index (χ0) is 14.2. The van der Waals surface area contributed by atoms with Gasteiger partial charge in [-0.15, -0.1) is 0 Å². The van der Waals surface area contributed by atoms with E-state index in [0.29, 0.717) is 6.04 Å². The van der Waals surface area contributed by atoms with E-state index in [1.807, 2.05) is 0 Å². The largest absolute Gasteiger partial charge is 0.366 e. The van der Waals surface area contributed by atoms with Crippen molar-refractivity contribution in [2.75, 3.05) is 18.0 Å². The quantitative estimate of drug-likeness (QED) is 0.932. The Balaban J connectivity index is 1.74. The minimum atomic E-state index is 0.651. The lowest BCUT2D eigenvalue weighted by Crippen LogP contribution is -2.39. The molecule has 1 aromatic heterocycles. The van der Waals surface area contributed by atoms with Gasteiger partial charge < -0.3 is 10.2 Å².